The van der Waals surface area contributed by atoms with Gasteiger partial charge in [-0.3, -0.25) is 4.99 Å². The van der Waals surface area contributed by atoms with E-state index in [0.29, 0.717) is 6.10 Å². The van der Waals surface area contributed by atoms with Gasteiger partial charge >= 0.3 is 0 Å². The van der Waals surface area contributed by atoms with E-state index < -0.39 is 0 Å². The molecular formula is C19H31N3O. The zero-order chi connectivity index (χ0) is 16.2. The van der Waals surface area contributed by atoms with Crippen LogP contribution in [0.2, 0.25) is 0 Å². The lowest BCUT2D eigenvalue weighted by Gasteiger charge is -2.13. The highest BCUT2D eigenvalue weighted by Gasteiger charge is 2.14. The van der Waals surface area contributed by atoms with E-state index in [1.807, 2.05) is 7.05 Å². The van der Waals surface area contributed by atoms with Crippen LogP contribution in [-0.2, 0) is 11.2 Å². The summed E-state index contributed by atoms with van der Waals surface area (Å²) < 4.78 is 5.87. The van der Waals surface area contributed by atoms with E-state index in [4.69, 9.17) is 4.74 Å². The van der Waals surface area contributed by atoms with Crippen molar-refractivity contribution in [3.63, 3.8) is 0 Å². The van der Waals surface area contributed by atoms with Gasteiger partial charge in [0, 0.05) is 26.7 Å². The van der Waals surface area contributed by atoms with Crippen LogP contribution in [0.15, 0.2) is 35.3 Å². The molecule has 4 heteroatoms. The van der Waals surface area contributed by atoms with E-state index >= 15 is 0 Å². The molecule has 0 saturated heterocycles. The molecule has 0 aliphatic heterocycles. The molecule has 1 aromatic rings. The van der Waals surface area contributed by atoms with Crippen LogP contribution in [0.5, 0.6) is 0 Å². The quantitative estimate of drug-likeness (QED) is 0.418. The number of rotatable bonds is 9. The minimum Gasteiger partial charge on any atom is -0.378 e. The van der Waals surface area contributed by atoms with Crippen LogP contribution in [-0.4, -0.2) is 38.8 Å². The predicted octanol–water partition coefficient (Wildman–Crippen LogP) is 3.13. The lowest BCUT2D eigenvalue weighted by molar-refractivity contribution is 0.0574. The molecule has 1 saturated carbocycles. The molecule has 1 aliphatic carbocycles. The Morgan fingerprint density at radius 1 is 1.09 bits per heavy atom. The van der Waals surface area contributed by atoms with Gasteiger partial charge < -0.3 is 15.4 Å². The number of benzene rings is 1. The van der Waals surface area contributed by atoms with Gasteiger partial charge in [0.05, 0.1) is 6.10 Å². The van der Waals surface area contributed by atoms with Gasteiger partial charge in [0.1, 0.15) is 0 Å². The van der Waals surface area contributed by atoms with E-state index in [1.165, 1.54) is 31.2 Å². The minimum absolute atomic E-state index is 0.519. The van der Waals surface area contributed by atoms with Crippen molar-refractivity contribution in [2.75, 3.05) is 26.7 Å². The SMILES string of the molecule is CN=C(NCCCOC1CCCC1)NCCCc1ccccc1. The van der Waals surface area contributed by atoms with E-state index in [9.17, 15) is 0 Å². The van der Waals surface area contributed by atoms with Crippen LogP contribution in [0.25, 0.3) is 0 Å². The smallest absolute Gasteiger partial charge is 0.190 e. The van der Waals surface area contributed by atoms with Crippen LogP contribution >= 0.6 is 0 Å². The van der Waals surface area contributed by atoms with Crippen LogP contribution in [0, 0.1) is 0 Å². The van der Waals surface area contributed by atoms with Gasteiger partial charge in [-0.1, -0.05) is 43.2 Å². The maximum Gasteiger partial charge on any atom is 0.190 e. The monoisotopic (exact) mass is 317 g/mol. The lowest BCUT2D eigenvalue weighted by atomic mass is 10.1. The Hall–Kier alpha value is -1.55. The van der Waals surface area contributed by atoms with Gasteiger partial charge in [0.25, 0.3) is 0 Å². The fourth-order valence-corrected chi connectivity index (χ4v) is 2.95. The van der Waals surface area contributed by atoms with Crippen molar-refractivity contribution in [2.24, 2.45) is 4.99 Å². The second-order valence-electron chi connectivity index (χ2n) is 6.15. The maximum absolute atomic E-state index is 5.87. The predicted molar refractivity (Wildman–Crippen MR) is 97.0 cm³/mol. The molecule has 128 valence electrons. The van der Waals surface area contributed by atoms with Crippen LogP contribution in [0.4, 0.5) is 0 Å². The summed E-state index contributed by atoms with van der Waals surface area (Å²) in [5.41, 5.74) is 1.39. The second kappa shape index (κ2) is 11.1. The van der Waals surface area contributed by atoms with Gasteiger partial charge in [-0.25, -0.2) is 0 Å². The number of hydrogen-bond acceptors (Lipinski definition) is 2. The summed E-state index contributed by atoms with van der Waals surface area (Å²) in [7, 11) is 1.82. The van der Waals surface area contributed by atoms with Crippen molar-refractivity contribution in [2.45, 2.75) is 51.0 Å². The summed E-state index contributed by atoms with van der Waals surface area (Å²) in [4.78, 5) is 4.26. The summed E-state index contributed by atoms with van der Waals surface area (Å²) in [6.07, 6.45) is 8.92. The van der Waals surface area contributed by atoms with Gasteiger partial charge in [0.2, 0.25) is 0 Å². The number of hydrogen-bond donors (Lipinski definition) is 2. The van der Waals surface area contributed by atoms with Crippen molar-refractivity contribution >= 4 is 5.96 Å². The zero-order valence-corrected chi connectivity index (χ0v) is 14.4. The Morgan fingerprint density at radius 2 is 1.78 bits per heavy atom. The largest absolute Gasteiger partial charge is 0.378 e. The molecular weight excluding hydrogens is 286 g/mol. The van der Waals surface area contributed by atoms with E-state index in [-0.39, 0.29) is 0 Å². The molecule has 0 unspecified atom stereocenters. The number of aryl methyl sites for hydroxylation is 1. The van der Waals surface area contributed by atoms with Gasteiger partial charge in [-0.15, -0.1) is 0 Å². The number of guanidine groups is 1. The summed E-state index contributed by atoms with van der Waals surface area (Å²) in [6, 6.07) is 10.6. The van der Waals surface area contributed by atoms with Crippen LogP contribution in [0.3, 0.4) is 0 Å². The third-order valence-corrected chi connectivity index (χ3v) is 4.27. The average molecular weight is 317 g/mol. The normalized spacial score (nSPS) is 15.8. The molecule has 1 aliphatic rings. The number of nitrogens with zero attached hydrogens (tertiary/aromatic N) is 1. The summed E-state index contributed by atoms with van der Waals surface area (Å²) in [5, 5.41) is 6.72. The van der Waals surface area contributed by atoms with Crippen molar-refractivity contribution in [1.29, 1.82) is 0 Å². The fraction of sp³-hybridized carbons (Fsp3) is 0.632. The van der Waals surface area contributed by atoms with Crippen molar-refractivity contribution in [1.82, 2.24) is 10.6 Å². The molecule has 0 spiro atoms. The molecule has 0 atom stereocenters. The second-order valence-corrected chi connectivity index (χ2v) is 6.15. The van der Waals surface area contributed by atoms with Crippen LogP contribution < -0.4 is 10.6 Å². The first-order valence-electron chi connectivity index (χ1n) is 8.98. The molecule has 0 aromatic heterocycles. The molecule has 2 rings (SSSR count). The fourth-order valence-electron chi connectivity index (χ4n) is 2.95. The molecule has 1 fully saturated rings. The Labute approximate surface area is 140 Å². The lowest BCUT2D eigenvalue weighted by Crippen LogP contribution is -2.38. The summed E-state index contributed by atoms with van der Waals surface area (Å²) in [5.74, 6) is 0.888. The van der Waals surface area contributed by atoms with E-state index in [0.717, 1.165) is 44.9 Å². The highest BCUT2D eigenvalue weighted by atomic mass is 16.5. The molecule has 0 amide bonds. The number of ether oxygens (including phenoxy) is 1. The zero-order valence-electron chi connectivity index (χ0n) is 14.4. The first-order chi connectivity index (χ1) is 11.4. The highest BCUT2D eigenvalue weighted by Crippen LogP contribution is 2.20. The van der Waals surface area contributed by atoms with Gasteiger partial charge in [0.15, 0.2) is 5.96 Å². The highest BCUT2D eigenvalue weighted by molar-refractivity contribution is 5.79. The molecule has 0 radical (unpaired) electrons. The maximum atomic E-state index is 5.87. The topological polar surface area (TPSA) is 45.7 Å². The third-order valence-electron chi connectivity index (χ3n) is 4.27. The third kappa shape index (κ3) is 7.51. The van der Waals surface area contributed by atoms with Gasteiger partial charge in [-0.05, 0) is 37.7 Å². The molecule has 4 nitrogen and oxygen atoms in total. The van der Waals surface area contributed by atoms with Gasteiger partial charge in [-0.2, -0.15) is 0 Å². The summed E-state index contributed by atoms with van der Waals surface area (Å²) in [6.45, 7) is 2.70. The van der Waals surface area contributed by atoms with Crippen LogP contribution in [0.1, 0.15) is 44.1 Å². The Morgan fingerprint density at radius 3 is 2.48 bits per heavy atom. The summed E-state index contributed by atoms with van der Waals surface area (Å²) >= 11 is 0. The number of aliphatic imine (C=N–C) groups is 1. The Bertz CT molecular complexity index is 441. The molecule has 0 bridgehead atoms. The molecule has 23 heavy (non-hydrogen) atoms. The van der Waals surface area contributed by atoms with Crippen molar-refractivity contribution in [3.05, 3.63) is 35.9 Å². The minimum atomic E-state index is 0.519. The first kappa shape index (κ1) is 17.8. The standard InChI is InChI=1S/C19H31N3O/c1-20-19(21-14-7-11-17-9-3-2-4-10-17)22-15-8-16-23-18-12-5-6-13-18/h2-4,9-10,18H,5-8,11-16H2,1H3,(H2,20,21,22). The molecule has 0 heterocycles. The molecule has 2 N–H and O–H groups in total. The Balaban J connectivity index is 1.48. The number of nitrogens with one attached hydrogen (secondary N) is 2. The van der Waals surface area contributed by atoms with E-state index in [2.05, 4.69) is 46.0 Å². The van der Waals surface area contributed by atoms with E-state index in [1.54, 1.807) is 0 Å². The average Bonchev–Trinajstić information content (AvgIpc) is 3.11. The van der Waals surface area contributed by atoms with Crippen molar-refractivity contribution < 1.29 is 4.74 Å². The van der Waals surface area contributed by atoms with Crippen molar-refractivity contribution in [3.8, 4) is 0 Å². The first-order valence-corrected chi connectivity index (χ1v) is 8.98. The Kier molecular flexibility index (Phi) is 8.56. The molecule has 1 aromatic carbocycles.